The Hall–Kier alpha value is -2.24. The van der Waals surface area contributed by atoms with Crippen molar-refractivity contribution >= 4 is 11.8 Å². The van der Waals surface area contributed by atoms with Crippen LogP contribution < -0.4 is 14.8 Å². The molecular weight excluding hydrogens is 272 g/mol. The minimum Gasteiger partial charge on any atom is -0.454 e. The summed E-state index contributed by atoms with van der Waals surface area (Å²) in [5.74, 6) is 1.18. The van der Waals surface area contributed by atoms with Crippen molar-refractivity contribution in [3.63, 3.8) is 0 Å². The Morgan fingerprint density at radius 2 is 2.10 bits per heavy atom. The van der Waals surface area contributed by atoms with Crippen LogP contribution in [0.15, 0.2) is 18.2 Å². The van der Waals surface area contributed by atoms with Crippen molar-refractivity contribution in [3.8, 4) is 11.5 Å². The van der Waals surface area contributed by atoms with Crippen molar-refractivity contribution < 1.29 is 19.1 Å². The quantitative estimate of drug-likeness (QED) is 0.870. The first kappa shape index (κ1) is 13.7. The number of nitrogens with zero attached hydrogens (tertiary/aromatic N) is 1. The van der Waals surface area contributed by atoms with Gasteiger partial charge in [-0.25, -0.2) is 0 Å². The molecule has 6 nitrogen and oxygen atoms in total. The number of hydrogen-bond acceptors (Lipinski definition) is 4. The maximum absolute atomic E-state index is 12.5. The molecule has 0 aromatic heterocycles. The molecule has 21 heavy (non-hydrogen) atoms. The van der Waals surface area contributed by atoms with E-state index in [-0.39, 0.29) is 25.0 Å². The number of carbonyl (C=O) groups excluding carboxylic acids is 2. The summed E-state index contributed by atoms with van der Waals surface area (Å²) < 4.78 is 10.6. The van der Waals surface area contributed by atoms with Crippen molar-refractivity contribution in [2.24, 2.45) is 0 Å². The van der Waals surface area contributed by atoms with E-state index in [2.05, 4.69) is 5.32 Å². The third-order valence-corrected chi connectivity index (χ3v) is 3.94. The molecule has 0 bridgehead atoms. The molecule has 1 aromatic rings. The van der Waals surface area contributed by atoms with E-state index in [0.29, 0.717) is 24.6 Å². The van der Waals surface area contributed by atoms with E-state index < -0.39 is 5.54 Å². The normalized spacial score (nSPS) is 19.3. The molecule has 112 valence electrons. The van der Waals surface area contributed by atoms with Crippen LogP contribution in [-0.2, 0) is 16.0 Å². The standard InChI is InChI=1S/C15H18N2O4/c1-15(2)14(19)16-5-6-17(15)13(18)8-10-3-4-11-12(7-10)21-9-20-11/h3-4,7H,5-6,8-9H2,1-2H3,(H,16,19). The van der Waals surface area contributed by atoms with Gasteiger partial charge in [0, 0.05) is 13.1 Å². The number of hydrogen-bond donors (Lipinski definition) is 1. The number of nitrogens with one attached hydrogen (secondary N) is 1. The fourth-order valence-electron chi connectivity index (χ4n) is 2.66. The Labute approximate surface area is 123 Å². The summed E-state index contributed by atoms with van der Waals surface area (Å²) in [4.78, 5) is 26.0. The van der Waals surface area contributed by atoms with Crippen LogP contribution in [0.3, 0.4) is 0 Å². The van der Waals surface area contributed by atoms with Crippen LogP contribution in [0.25, 0.3) is 0 Å². The molecule has 6 heteroatoms. The molecule has 0 radical (unpaired) electrons. The zero-order valence-corrected chi connectivity index (χ0v) is 12.1. The molecule has 0 saturated carbocycles. The Kier molecular flexibility index (Phi) is 3.23. The highest BCUT2D eigenvalue weighted by Crippen LogP contribution is 2.32. The fourth-order valence-corrected chi connectivity index (χ4v) is 2.66. The molecule has 0 atom stereocenters. The Balaban J connectivity index is 1.75. The van der Waals surface area contributed by atoms with E-state index in [9.17, 15) is 9.59 Å². The van der Waals surface area contributed by atoms with Crippen LogP contribution in [0.2, 0.25) is 0 Å². The molecule has 1 N–H and O–H groups in total. The second kappa shape index (κ2) is 4.95. The van der Waals surface area contributed by atoms with Gasteiger partial charge in [0.15, 0.2) is 11.5 Å². The van der Waals surface area contributed by atoms with Gasteiger partial charge in [0.2, 0.25) is 18.6 Å². The zero-order valence-electron chi connectivity index (χ0n) is 12.1. The number of amides is 2. The number of piperazine rings is 1. The predicted octanol–water partition coefficient (Wildman–Crippen LogP) is 0.695. The monoisotopic (exact) mass is 290 g/mol. The van der Waals surface area contributed by atoms with E-state index >= 15 is 0 Å². The molecule has 0 aliphatic carbocycles. The SMILES string of the molecule is CC1(C)C(=O)NCCN1C(=O)Cc1ccc2c(c1)OCO2. The highest BCUT2D eigenvalue weighted by molar-refractivity contribution is 5.92. The van der Waals surface area contributed by atoms with Gasteiger partial charge in [-0.15, -0.1) is 0 Å². The Bertz CT molecular complexity index is 597. The van der Waals surface area contributed by atoms with Gasteiger partial charge in [-0.1, -0.05) is 6.07 Å². The third kappa shape index (κ3) is 2.41. The summed E-state index contributed by atoms with van der Waals surface area (Å²) >= 11 is 0. The predicted molar refractivity (Wildman–Crippen MR) is 75.1 cm³/mol. The first-order valence-electron chi connectivity index (χ1n) is 6.96. The van der Waals surface area contributed by atoms with Crippen LogP contribution in [0.4, 0.5) is 0 Å². The lowest BCUT2D eigenvalue weighted by atomic mass is 9.97. The van der Waals surface area contributed by atoms with Crippen LogP contribution in [0.1, 0.15) is 19.4 Å². The molecule has 1 aromatic carbocycles. The van der Waals surface area contributed by atoms with Gasteiger partial charge in [0.25, 0.3) is 0 Å². The minimum atomic E-state index is -0.814. The zero-order chi connectivity index (χ0) is 15.0. The molecule has 0 unspecified atom stereocenters. The fraction of sp³-hybridized carbons (Fsp3) is 0.467. The lowest BCUT2D eigenvalue weighted by molar-refractivity contribution is -0.148. The largest absolute Gasteiger partial charge is 0.454 e. The Morgan fingerprint density at radius 1 is 1.33 bits per heavy atom. The van der Waals surface area contributed by atoms with Gasteiger partial charge in [-0.05, 0) is 31.5 Å². The molecule has 2 aliphatic rings. The van der Waals surface area contributed by atoms with E-state index in [1.54, 1.807) is 24.8 Å². The first-order valence-corrected chi connectivity index (χ1v) is 6.96. The van der Waals surface area contributed by atoms with Gasteiger partial charge >= 0.3 is 0 Å². The average molecular weight is 290 g/mol. The van der Waals surface area contributed by atoms with Crippen LogP contribution in [-0.4, -0.2) is 42.1 Å². The summed E-state index contributed by atoms with van der Waals surface area (Å²) in [6, 6.07) is 5.47. The number of rotatable bonds is 2. The summed E-state index contributed by atoms with van der Waals surface area (Å²) in [5.41, 5.74) is 0.0390. The lowest BCUT2D eigenvalue weighted by Crippen LogP contribution is -2.63. The molecule has 2 aliphatic heterocycles. The molecule has 2 heterocycles. The van der Waals surface area contributed by atoms with E-state index in [1.807, 2.05) is 12.1 Å². The number of ether oxygens (including phenoxy) is 2. The number of carbonyl (C=O) groups is 2. The van der Waals surface area contributed by atoms with Crippen LogP contribution in [0, 0.1) is 0 Å². The molecular formula is C15H18N2O4. The van der Waals surface area contributed by atoms with Crippen molar-refractivity contribution in [2.45, 2.75) is 25.8 Å². The minimum absolute atomic E-state index is 0.0614. The topological polar surface area (TPSA) is 67.9 Å². The Morgan fingerprint density at radius 3 is 2.90 bits per heavy atom. The summed E-state index contributed by atoms with van der Waals surface area (Å²) in [7, 11) is 0. The maximum Gasteiger partial charge on any atom is 0.245 e. The van der Waals surface area contributed by atoms with E-state index in [0.717, 1.165) is 5.56 Å². The first-order chi connectivity index (χ1) is 9.98. The number of benzene rings is 1. The van der Waals surface area contributed by atoms with Crippen LogP contribution in [0.5, 0.6) is 11.5 Å². The third-order valence-electron chi connectivity index (χ3n) is 3.94. The molecule has 1 saturated heterocycles. The molecule has 3 rings (SSSR count). The second-order valence-corrected chi connectivity index (χ2v) is 5.72. The smallest absolute Gasteiger partial charge is 0.245 e. The lowest BCUT2D eigenvalue weighted by Gasteiger charge is -2.41. The van der Waals surface area contributed by atoms with Gasteiger partial charge in [0.05, 0.1) is 6.42 Å². The van der Waals surface area contributed by atoms with Gasteiger partial charge in [-0.3, -0.25) is 9.59 Å². The van der Waals surface area contributed by atoms with Gasteiger partial charge < -0.3 is 19.7 Å². The maximum atomic E-state index is 12.5. The summed E-state index contributed by atoms with van der Waals surface area (Å²) in [6.07, 6.45) is 0.243. The second-order valence-electron chi connectivity index (χ2n) is 5.72. The molecule has 0 spiro atoms. The van der Waals surface area contributed by atoms with Gasteiger partial charge in [-0.2, -0.15) is 0 Å². The molecule has 1 fully saturated rings. The van der Waals surface area contributed by atoms with Gasteiger partial charge in [0.1, 0.15) is 5.54 Å². The van der Waals surface area contributed by atoms with Crippen molar-refractivity contribution in [2.75, 3.05) is 19.9 Å². The van der Waals surface area contributed by atoms with E-state index in [1.165, 1.54) is 0 Å². The van der Waals surface area contributed by atoms with Crippen molar-refractivity contribution in [1.82, 2.24) is 10.2 Å². The summed E-state index contributed by atoms with van der Waals surface area (Å²) in [5, 5.41) is 2.79. The van der Waals surface area contributed by atoms with Crippen molar-refractivity contribution in [3.05, 3.63) is 23.8 Å². The highest BCUT2D eigenvalue weighted by atomic mass is 16.7. The molecule has 2 amide bonds. The van der Waals surface area contributed by atoms with E-state index in [4.69, 9.17) is 9.47 Å². The van der Waals surface area contributed by atoms with Crippen molar-refractivity contribution in [1.29, 1.82) is 0 Å². The average Bonchev–Trinajstić information content (AvgIpc) is 2.89. The van der Waals surface area contributed by atoms with Crippen LogP contribution >= 0.6 is 0 Å². The number of fused-ring (bicyclic) bond motifs is 1. The highest BCUT2D eigenvalue weighted by Gasteiger charge is 2.40. The summed E-state index contributed by atoms with van der Waals surface area (Å²) in [6.45, 7) is 4.77.